The first-order valence-electron chi connectivity index (χ1n) is 10.5. The average molecular weight is 372 g/mol. The van der Waals surface area contributed by atoms with E-state index < -0.39 is 0 Å². The normalized spacial score (nSPS) is 25.0. The molecule has 0 amide bonds. The Bertz CT molecular complexity index is 598. The van der Waals surface area contributed by atoms with Gasteiger partial charge < -0.3 is 10.6 Å². The Kier molecular flexibility index (Phi) is 7.13. The molecule has 1 saturated carbocycles. The summed E-state index contributed by atoms with van der Waals surface area (Å²) in [5.41, 5.74) is 1.37. The van der Waals surface area contributed by atoms with E-state index in [1.54, 1.807) is 0 Å². The van der Waals surface area contributed by atoms with Crippen LogP contribution in [0.15, 0.2) is 35.3 Å². The van der Waals surface area contributed by atoms with E-state index in [0.29, 0.717) is 18.1 Å². The van der Waals surface area contributed by atoms with Crippen LogP contribution in [-0.4, -0.2) is 67.1 Å². The second-order valence-electron chi connectivity index (χ2n) is 8.39. The zero-order valence-corrected chi connectivity index (χ0v) is 17.5. The summed E-state index contributed by atoms with van der Waals surface area (Å²) >= 11 is 0. The summed E-state index contributed by atoms with van der Waals surface area (Å²) < 4.78 is 0. The Morgan fingerprint density at radius 3 is 2.70 bits per heavy atom. The Morgan fingerprint density at radius 1 is 1.30 bits per heavy atom. The molecule has 0 aromatic heterocycles. The zero-order valence-electron chi connectivity index (χ0n) is 17.5. The maximum atomic E-state index is 4.43. The van der Waals surface area contributed by atoms with Crippen LogP contribution in [0.2, 0.25) is 0 Å². The second-order valence-corrected chi connectivity index (χ2v) is 8.39. The highest BCUT2D eigenvalue weighted by atomic mass is 15.3. The monoisotopic (exact) mass is 371 g/mol. The number of benzene rings is 1. The van der Waals surface area contributed by atoms with Crippen molar-refractivity contribution in [1.29, 1.82) is 0 Å². The minimum atomic E-state index is 0.518. The maximum Gasteiger partial charge on any atom is 0.191 e. The Hall–Kier alpha value is -1.59. The van der Waals surface area contributed by atoms with Crippen molar-refractivity contribution in [3.8, 4) is 0 Å². The molecule has 1 aliphatic carbocycles. The SMILES string of the molecule is CN=C(NCCC(C)N(C)Cc1ccccc1)NC1CC(C)N(C2CC2)C1. The van der Waals surface area contributed by atoms with Crippen molar-refractivity contribution < 1.29 is 0 Å². The van der Waals surface area contributed by atoms with Crippen molar-refractivity contribution in [2.45, 2.75) is 70.2 Å². The molecule has 3 unspecified atom stereocenters. The van der Waals surface area contributed by atoms with Gasteiger partial charge in [0.1, 0.15) is 0 Å². The Morgan fingerprint density at radius 2 is 2.04 bits per heavy atom. The minimum absolute atomic E-state index is 0.518. The van der Waals surface area contributed by atoms with Crippen LogP contribution in [0, 0.1) is 0 Å². The Labute approximate surface area is 165 Å². The average Bonchev–Trinajstić information content (AvgIpc) is 3.44. The van der Waals surface area contributed by atoms with E-state index in [2.05, 4.69) is 76.7 Å². The molecule has 1 aliphatic heterocycles. The van der Waals surface area contributed by atoms with Gasteiger partial charge in [0.15, 0.2) is 5.96 Å². The fourth-order valence-corrected chi connectivity index (χ4v) is 4.11. The number of rotatable bonds is 8. The molecule has 0 bridgehead atoms. The van der Waals surface area contributed by atoms with Gasteiger partial charge >= 0.3 is 0 Å². The molecule has 3 atom stereocenters. The first kappa shape index (κ1) is 20.2. The largest absolute Gasteiger partial charge is 0.356 e. The summed E-state index contributed by atoms with van der Waals surface area (Å²) in [4.78, 5) is 9.52. The molecule has 1 aromatic carbocycles. The minimum Gasteiger partial charge on any atom is -0.356 e. The molecule has 0 spiro atoms. The molecule has 27 heavy (non-hydrogen) atoms. The topological polar surface area (TPSA) is 42.9 Å². The van der Waals surface area contributed by atoms with Crippen LogP contribution < -0.4 is 10.6 Å². The van der Waals surface area contributed by atoms with E-state index in [4.69, 9.17) is 0 Å². The van der Waals surface area contributed by atoms with E-state index in [0.717, 1.165) is 38.1 Å². The molecule has 5 nitrogen and oxygen atoms in total. The highest BCUT2D eigenvalue weighted by molar-refractivity contribution is 5.80. The van der Waals surface area contributed by atoms with E-state index in [-0.39, 0.29) is 0 Å². The predicted molar refractivity (Wildman–Crippen MR) is 114 cm³/mol. The Balaban J connectivity index is 1.36. The van der Waals surface area contributed by atoms with E-state index >= 15 is 0 Å². The molecular weight excluding hydrogens is 334 g/mol. The van der Waals surface area contributed by atoms with Crippen LogP contribution in [0.25, 0.3) is 0 Å². The highest BCUT2D eigenvalue weighted by Gasteiger charge is 2.38. The van der Waals surface area contributed by atoms with Gasteiger partial charge in [-0.25, -0.2) is 0 Å². The maximum absolute atomic E-state index is 4.43. The standard InChI is InChI=1S/C22H37N5/c1-17(26(4)15-19-8-6-5-7-9-19)12-13-24-22(23-3)25-20-14-18(2)27(16-20)21-10-11-21/h5-9,17-18,20-21H,10-16H2,1-4H3,(H2,23,24,25). The number of nitrogens with zero attached hydrogens (tertiary/aromatic N) is 3. The van der Waals surface area contributed by atoms with Gasteiger partial charge in [-0.05, 0) is 52.1 Å². The summed E-state index contributed by atoms with van der Waals surface area (Å²) in [7, 11) is 4.08. The number of nitrogens with one attached hydrogen (secondary N) is 2. The van der Waals surface area contributed by atoms with Gasteiger partial charge in [0, 0.05) is 50.8 Å². The van der Waals surface area contributed by atoms with Gasteiger partial charge in [0.05, 0.1) is 0 Å². The molecule has 150 valence electrons. The quantitative estimate of drug-likeness (QED) is 0.545. The van der Waals surface area contributed by atoms with Gasteiger partial charge in [0.2, 0.25) is 0 Å². The van der Waals surface area contributed by atoms with Crippen molar-refractivity contribution in [3.63, 3.8) is 0 Å². The van der Waals surface area contributed by atoms with Crippen LogP contribution in [0.5, 0.6) is 0 Å². The molecule has 1 saturated heterocycles. The van der Waals surface area contributed by atoms with Gasteiger partial charge in [-0.2, -0.15) is 0 Å². The number of hydrogen-bond donors (Lipinski definition) is 2. The summed E-state index contributed by atoms with van der Waals surface area (Å²) in [6.45, 7) is 7.75. The molecule has 0 radical (unpaired) electrons. The molecule has 1 aromatic rings. The number of likely N-dealkylation sites (tertiary alicyclic amines) is 1. The van der Waals surface area contributed by atoms with Crippen LogP contribution in [0.1, 0.15) is 45.1 Å². The van der Waals surface area contributed by atoms with E-state index in [1.165, 1.54) is 24.8 Å². The van der Waals surface area contributed by atoms with E-state index in [1.807, 2.05) is 7.05 Å². The fourth-order valence-electron chi connectivity index (χ4n) is 4.11. The highest BCUT2D eigenvalue weighted by Crippen LogP contribution is 2.33. The summed E-state index contributed by atoms with van der Waals surface area (Å²) in [5.74, 6) is 0.947. The van der Waals surface area contributed by atoms with Crippen molar-refractivity contribution in [2.75, 3.05) is 27.2 Å². The van der Waals surface area contributed by atoms with Crippen LogP contribution in [0.4, 0.5) is 0 Å². The van der Waals surface area contributed by atoms with Gasteiger partial charge in [-0.15, -0.1) is 0 Å². The van der Waals surface area contributed by atoms with Gasteiger partial charge in [0.25, 0.3) is 0 Å². The fraction of sp³-hybridized carbons (Fsp3) is 0.682. The smallest absolute Gasteiger partial charge is 0.191 e. The predicted octanol–water partition coefficient (Wildman–Crippen LogP) is 2.69. The van der Waals surface area contributed by atoms with Crippen LogP contribution >= 0.6 is 0 Å². The lowest BCUT2D eigenvalue weighted by Crippen LogP contribution is -2.45. The number of hydrogen-bond acceptors (Lipinski definition) is 3. The summed E-state index contributed by atoms with van der Waals surface area (Å²) in [6, 6.07) is 13.3. The summed E-state index contributed by atoms with van der Waals surface area (Å²) in [5, 5.41) is 7.15. The second kappa shape index (κ2) is 9.56. The lowest BCUT2D eigenvalue weighted by molar-refractivity contribution is 0.238. The number of aliphatic imine (C=N–C) groups is 1. The molecule has 2 fully saturated rings. The van der Waals surface area contributed by atoms with Crippen molar-refractivity contribution >= 4 is 5.96 Å². The zero-order chi connectivity index (χ0) is 19.2. The van der Waals surface area contributed by atoms with Crippen molar-refractivity contribution in [2.24, 2.45) is 4.99 Å². The van der Waals surface area contributed by atoms with Crippen LogP contribution in [-0.2, 0) is 6.54 Å². The number of guanidine groups is 1. The third kappa shape index (κ3) is 5.94. The summed E-state index contributed by atoms with van der Waals surface area (Å²) in [6.07, 6.45) is 5.09. The molecule has 3 rings (SSSR count). The first-order valence-corrected chi connectivity index (χ1v) is 10.5. The van der Waals surface area contributed by atoms with Crippen LogP contribution in [0.3, 0.4) is 0 Å². The lowest BCUT2D eigenvalue weighted by atomic mass is 10.1. The third-order valence-corrected chi connectivity index (χ3v) is 6.09. The molecule has 1 heterocycles. The van der Waals surface area contributed by atoms with Gasteiger partial charge in [-0.1, -0.05) is 30.3 Å². The third-order valence-electron chi connectivity index (χ3n) is 6.09. The lowest BCUT2D eigenvalue weighted by Gasteiger charge is -2.25. The van der Waals surface area contributed by atoms with Crippen molar-refractivity contribution in [3.05, 3.63) is 35.9 Å². The molecule has 2 aliphatic rings. The van der Waals surface area contributed by atoms with E-state index in [9.17, 15) is 0 Å². The molecular formula is C22H37N5. The van der Waals surface area contributed by atoms with Gasteiger partial charge in [-0.3, -0.25) is 14.8 Å². The molecule has 2 N–H and O–H groups in total. The first-order chi connectivity index (χ1) is 13.1. The molecule has 5 heteroatoms. The van der Waals surface area contributed by atoms with Crippen molar-refractivity contribution in [1.82, 2.24) is 20.4 Å².